The first kappa shape index (κ1) is 12.6. The largest absolute Gasteiger partial charge is 0.485 e. The van der Waals surface area contributed by atoms with Gasteiger partial charge in [-0.1, -0.05) is 0 Å². The van der Waals surface area contributed by atoms with Gasteiger partial charge in [-0.15, -0.1) is 0 Å². The van der Waals surface area contributed by atoms with E-state index in [0.29, 0.717) is 18.1 Å². The van der Waals surface area contributed by atoms with Crippen molar-refractivity contribution in [2.24, 2.45) is 5.73 Å². The summed E-state index contributed by atoms with van der Waals surface area (Å²) in [5.74, 6) is 0.0130. The van der Waals surface area contributed by atoms with Crippen LogP contribution in [0.2, 0.25) is 0 Å². The van der Waals surface area contributed by atoms with E-state index >= 15 is 0 Å². The molecule has 1 aromatic carbocycles. The summed E-state index contributed by atoms with van der Waals surface area (Å²) in [5.41, 5.74) is 6.41. The van der Waals surface area contributed by atoms with Crippen molar-refractivity contribution >= 4 is 0 Å². The molecule has 0 saturated carbocycles. The van der Waals surface area contributed by atoms with Gasteiger partial charge in [0.15, 0.2) is 0 Å². The maximum atomic E-state index is 12.9. The van der Waals surface area contributed by atoms with Crippen LogP contribution in [0.3, 0.4) is 0 Å². The molecule has 2 aromatic rings. The lowest BCUT2D eigenvalue weighted by atomic mass is 10.2. The maximum absolute atomic E-state index is 12.9. The van der Waals surface area contributed by atoms with E-state index in [4.69, 9.17) is 14.9 Å². The number of rotatable bonds is 4. The third-order valence-corrected chi connectivity index (χ3v) is 2.47. The monoisotopic (exact) mass is 253 g/mol. The second-order valence-electron chi connectivity index (χ2n) is 3.92. The molecule has 1 heterocycles. The topological polar surface area (TPSA) is 48.4 Å². The fourth-order valence-electron chi connectivity index (χ4n) is 1.63. The zero-order valence-electron chi connectivity index (χ0n) is 9.87. The first-order chi connectivity index (χ1) is 8.58. The minimum absolute atomic E-state index is 0.101. The van der Waals surface area contributed by atoms with Gasteiger partial charge in [0.2, 0.25) is 0 Å². The van der Waals surface area contributed by atoms with E-state index in [2.05, 4.69) is 0 Å². The van der Waals surface area contributed by atoms with E-state index in [0.717, 1.165) is 23.8 Å². The van der Waals surface area contributed by atoms with Gasteiger partial charge in [-0.05, 0) is 18.6 Å². The Balaban J connectivity index is 2.06. The summed E-state index contributed by atoms with van der Waals surface area (Å²) in [5, 5.41) is 0. The molecule has 0 radical (unpaired) electrons. The van der Waals surface area contributed by atoms with Gasteiger partial charge in [0.25, 0.3) is 0 Å². The average Bonchev–Trinajstić information content (AvgIpc) is 2.66. The number of benzene rings is 1. The zero-order valence-corrected chi connectivity index (χ0v) is 9.87. The highest BCUT2D eigenvalue weighted by atomic mass is 19.1. The van der Waals surface area contributed by atoms with Gasteiger partial charge in [0, 0.05) is 18.2 Å². The van der Waals surface area contributed by atoms with Crippen LogP contribution in [0.25, 0.3) is 0 Å². The lowest BCUT2D eigenvalue weighted by Crippen LogP contribution is -1.96. The summed E-state index contributed by atoms with van der Waals surface area (Å²) < 4.78 is 36.5. The minimum Gasteiger partial charge on any atom is -0.485 e. The zero-order chi connectivity index (χ0) is 13.1. The summed E-state index contributed by atoms with van der Waals surface area (Å²) in [6.07, 6.45) is 0. The Morgan fingerprint density at radius 3 is 2.39 bits per heavy atom. The summed E-state index contributed by atoms with van der Waals surface area (Å²) >= 11 is 0. The smallest absolute Gasteiger partial charge is 0.146 e. The number of halogens is 2. The molecule has 2 rings (SSSR count). The van der Waals surface area contributed by atoms with Crippen molar-refractivity contribution in [2.45, 2.75) is 20.1 Å². The first-order valence-corrected chi connectivity index (χ1v) is 5.45. The van der Waals surface area contributed by atoms with Gasteiger partial charge in [-0.2, -0.15) is 0 Å². The highest BCUT2D eigenvalue weighted by Gasteiger charge is 2.07. The number of hydrogen-bond acceptors (Lipinski definition) is 3. The molecule has 0 fully saturated rings. The van der Waals surface area contributed by atoms with Crippen LogP contribution in [0, 0.1) is 18.6 Å². The van der Waals surface area contributed by atoms with Gasteiger partial charge in [-0.25, -0.2) is 8.78 Å². The third kappa shape index (κ3) is 2.87. The molecule has 18 heavy (non-hydrogen) atoms. The van der Waals surface area contributed by atoms with Gasteiger partial charge < -0.3 is 14.9 Å². The minimum atomic E-state index is -0.678. The number of aryl methyl sites for hydroxylation is 1. The quantitative estimate of drug-likeness (QED) is 0.911. The maximum Gasteiger partial charge on any atom is 0.146 e. The molecule has 0 saturated heterocycles. The van der Waals surface area contributed by atoms with Gasteiger partial charge in [-0.3, -0.25) is 0 Å². The first-order valence-electron chi connectivity index (χ1n) is 5.45. The van der Waals surface area contributed by atoms with Crippen LogP contribution >= 0.6 is 0 Å². The molecule has 3 nitrogen and oxygen atoms in total. The predicted molar refractivity (Wildman–Crippen MR) is 62.0 cm³/mol. The predicted octanol–water partition coefficient (Wildman–Crippen LogP) is 2.90. The molecular weight excluding hydrogens is 240 g/mol. The molecule has 0 amide bonds. The van der Waals surface area contributed by atoms with Gasteiger partial charge >= 0.3 is 0 Å². The van der Waals surface area contributed by atoms with E-state index in [1.54, 1.807) is 6.07 Å². The Hall–Kier alpha value is -1.88. The Bertz CT molecular complexity index is 532. The third-order valence-electron chi connectivity index (χ3n) is 2.47. The molecule has 0 bridgehead atoms. The molecule has 0 aliphatic carbocycles. The molecule has 0 aliphatic rings. The van der Waals surface area contributed by atoms with Crippen LogP contribution in [0.15, 0.2) is 28.7 Å². The number of nitrogens with two attached hydrogens (primary N) is 1. The molecule has 0 spiro atoms. The van der Waals surface area contributed by atoms with E-state index in [1.165, 1.54) is 0 Å². The fourth-order valence-corrected chi connectivity index (χ4v) is 1.63. The fraction of sp³-hybridized carbons (Fsp3) is 0.231. The van der Waals surface area contributed by atoms with Crippen LogP contribution in [-0.4, -0.2) is 0 Å². The number of ether oxygens (including phenoxy) is 1. The van der Waals surface area contributed by atoms with Crippen LogP contribution in [0.1, 0.15) is 17.1 Å². The van der Waals surface area contributed by atoms with Crippen molar-refractivity contribution in [2.75, 3.05) is 0 Å². The van der Waals surface area contributed by atoms with E-state index in [9.17, 15) is 8.78 Å². The van der Waals surface area contributed by atoms with Crippen LogP contribution in [0.4, 0.5) is 8.78 Å². The number of hydrogen-bond donors (Lipinski definition) is 1. The summed E-state index contributed by atoms with van der Waals surface area (Å²) in [4.78, 5) is 0. The van der Waals surface area contributed by atoms with Crippen LogP contribution in [0.5, 0.6) is 5.75 Å². The highest BCUT2D eigenvalue weighted by molar-refractivity contribution is 5.24. The molecule has 0 unspecified atom stereocenters. The Kier molecular flexibility index (Phi) is 3.62. The second kappa shape index (κ2) is 5.18. The van der Waals surface area contributed by atoms with E-state index < -0.39 is 11.6 Å². The molecule has 0 aliphatic heterocycles. The molecule has 0 atom stereocenters. The average molecular weight is 253 g/mol. The van der Waals surface area contributed by atoms with Crippen molar-refractivity contribution in [3.8, 4) is 5.75 Å². The van der Waals surface area contributed by atoms with Crippen molar-refractivity contribution in [3.63, 3.8) is 0 Å². The lowest BCUT2D eigenvalue weighted by molar-refractivity contribution is 0.264. The Labute approximate surface area is 103 Å². The number of furan rings is 1. The van der Waals surface area contributed by atoms with Crippen molar-refractivity contribution < 1.29 is 17.9 Å². The molecule has 5 heteroatoms. The van der Waals surface area contributed by atoms with Crippen molar-refractivity contribution in [3.05, 3.63) is 53.0 Å². The lowest BCUT2D eigenvalue weighted by Gasteiger charge is -2.04. The van der Waals surface area contributed by atoms with Crippen LogP contribution in [-0.2, 0) is 13.2 Å². The van der Waals surface area contributed by atoms with Crippen molar-refractivity contribution in [1.29, 1.82) is 0 Å². The Morgan fingerprint density at radius 1 is 1.17 bits per heavy atom. The summed E-state index contributed by atoms with van der Waals surface area (Å²) in [7, 11) is 0. The SMILES string of the molecule is Cc1cc(COc2cc(F)cc(F)c2)oc1CN. The highest BCUT2D eigenvalue weighted by Crippen LogP contribution is 2.19. The second-order valence-corrected chi connectivity index (χ2v) is 3.92. The van der Waals surface area contributed by atoms with Gasteiger partial charge in [0.05, 0.1) is 6.54 Å². The normalized spacial score (nSPS) is 10.7. The molecule has 2 N–H and O–H groups in total. The van der Waals surface area contributed by atoms with E-state index in [-0.39, 0.29) is 12.4 Å². The van der Waals surface area contributed by atoms with Gasteiger partial charge in [0.1, 0.15) is 35.5 Å². The van der Waals surface area contributed by atoms with E-state index in [1.807, 2.05) is 6.92 Å². The van der Waals surface area contributed by atoms with Crippen molar-refractivity contribution in [1.82, 2.24) is 0 Å². The van der Waals surface area contributed by atoms with Crippen LogP contribution < -0.4 is 10.5 Å². The summed E-state index contributed by atoms with van der Waals surface area (Å²) in [6.45, 7) is 2.28. The molecule has 1 aromatic heterocycles. The molecular formula is C13H13F2NO2. The standard InChI is InChI=1S/C13H13F2NO2/c1-8-2-12(18-13(8)6-16)7-17-11-4-9(14)3-10(15)5-11/h2-5H,6-7,16H2,1H3. The molecule has 96 valence electrons. The summed E-state index contributed by atoms with van der Waals surface area (Å²) in [6, 6.07) is 4.81. The Morgan fingerprint density at radius 2 is 1.83 bits per heavy atom.